The van der Waals surface area contributed by atoms with Gasteiger partial charge in [-0.05, 0) is 42.3 Å². The van der Waals surface area contributed by atoms with Gasteiger partial charge in [-0.25, -0.2) is 0 Å². The second-order valence-electron chi connectivity index (χ2n) is 6.55. The number of amides is 1. The molecule has 1 unspecified atom stereocenters. The van der Waals surface area contributed by atoms with Crippen LogP contribution in [-0.2, 0) is 12.3 Å². The summed E-state index contributed by atoms with van der Waals surface area (Å²) < 4.78 is 5.84. The average Bonchev–Trinajstić information content (AvgIpc) is 2.67. The van der Waals surface area contributed by atoms with Crippen molar-refractivity contribution >= 4 is 11.6 Å². The van der Waals surface area contributed by atoms with Crippen LogP contribution in [0.15, 0.2) is 78.9 Å². The maximum absolute atomic E-state index is 12.4. The Hall–Kier alpha value is -3.27. The first-order valence-corrected chi connectivity index (χ1v) is 8.61. The lowest BCUT2D eigenvalue weighted by molar-refractivity contribution is 0.0906. The summed E-state index contributed by atoms with van der Waals surface area (Å²) in [6.07, 6.45) is 0. The molecule has 3 aromatic rings. The van der Waals surface area contributed by atoms with E-state index in [0.29, 0.717) is 12.2 Å². The third kappa shape index (κ3) is 3.14. The Kier molecular flexibility index (Phi) is 4.09. The molecule has 1 aliphatic heterocycles. The summed E-state index contributed by atoms with van der Waals surface area (Å²) >= 11 is 0. The lowest BCUT2D eigenvalue weighted by atomic mass is 9.96. The molecule has 0 radical (unpaired) electrons. The molecule has 3 aromatic carbocycles. The van der Waals surface area contributed by atoms with Crippen LogP contribution in [0.4, 0.5) is 5.69 Å². The summed E-state index contributed by atoms with van der Waals surface area (Å²) in [5.74, 6) is 0.718. The second-order valence-corrected chi connectivity index (χ2v) is 6.55. The highest BCUT2D eigenvalue weighted by Gasteiger charge is 2.34. The van der Waals surface area contributed by atoms with Crippen molar-refractivity contribution in [3.8, 4) is 5.75 Å². The monoisotopic (exact) mass is 344 g/mol. The average molecular weight is 344 g/mol. The van der Waals surface area contributed by atoms with Gasteiger partial charge in [-0.1, -0.05) is 54.6 Å². The molecular formula is C22H20N2O2. The molecule has 4 rings (SSSR count). The zero-order chi connectivity index (χ0) is 18.0. The van der Waals surface area contributed by atoms with Gasteiger partial charge in [-0.3, -0.25) is 4.79 Å². The Morgan fingerprint density at radius 1 is 0.846 bits per heavy atom. The first-order valence-electron chi connectivity index (χ1n) is 8.61. The van der Waals surface area contributed by atoms with Gasteiger partial charge in [-0.2, -0.15) is 0 Å². The van der Waals surface area contributed by atoms with Crippen LogP contribution in [0.1, 0.15) is 28.4 Å². The van der Waals surface area contributed by atoms with Crippen molar-refractivity contribution in [3.05, 3.63) is 95.6 Å². The Morgan fingerprint density at radius 2 is 1.54 bits per heavy atom. The number of ether oxygens (including phenoxy) is 1. The van der Waals surface area contributed by atoms with Gasteiger partial charge in [0.25, 0.3) is 5.91 Å². The van der Waals surface area contributed by atoms with E-state index in [9.17, 15) is 4.79 Å². The fourth-order valence-electron chi connectivity index (χ4n) is 3.15. The smallest absolute Gasteiger partial charge is 0.255 e. The first kappa shape index (κ1) is 16.2. The predicted molar refractivity (Wildman–Crippen MR) is 102 cm³/mol. The molecule has 0 saturated heterocycles. The molecule has 0 aromatic heterocycles. The third-order valence-electron chi connectivity index (χ3n) is 4.60. The number of rotatable bonds is 4. The molecule has 0 spiro atoms. The number of para-hydroxylation sites is 1. The van der Waals surface area contributed by atoms with Crippen molar-refractivity contribution in [2.45, 2.75) is 19.2 Å². The highest BCUT2D eigenvalue weighted by molar-refractivity contribution is 6.02. The highest BCUT2D eigenvalue weighted by atomic mass is 16.5. The van der Waals surface area contributed by atoms with E-state index >= 15 is 0 Å². The molecule has 0 bridgehead atoms. The van der Waals surface area contributed by atoms with Crippen LogP contribution in [-0.4, -0.2) is 5.91 Å². The molecule has 0 fully saturated rings. The van der Waals surface area contributed by atoms with Crippen molar-refractivity contribution in [2.75, 3.05) is 5.32 Å². The molecule has 1 aliphatic rings. The van der Waals surface area contributed by atoms with Gasteiger partial charge in [0, 0.05) is 5.69 Å². The fourth-order valence-corrected chi connectivity index (χ4v) is 3.15. The topological polar surface area (TPSA) is 50.4 Å². The predicted octanol–water partition coefficient (Wildman–Crippen LogP) is 4.29. The van der Waals surface area contributed by atoms with E-state index in [0.717, 1.165) is 22.6 Å². The summed E-state index contributed by atoms with van der Waals surface area (Å²) in [6, 6.07) is 25.4. The van der Waals surface area contributed by atoms with Gasteiger partial charge >= 0.3 is 0 Å². The van der Waals surface area contributed by atoms with Crippen molar-refractivity contribution < 1.29 is 9.53 Å². The number of hydrogen-bond acceptors (Lipinski definition) is 3. The van der Waals surface area contributed by atoms with E-state index in [1.54, 1.807) is 0 Å². The number of carbonyl (C=O) groups is 1. The van der Waals surface area contributed by atoms with Gasteiger partial charge in [0.1, 0.15) is 18.0 Å². The number of anilines is 1. The maximum Gasteiger partial charge on any atom is 0.255 e. The Balaban J connectivity index is 1.51. The Morgan fingerprint density at radius 3 is 2.31 bits per heavy atom. The van der Waals surface area contributed by atoms with Crippen LogP contribution >= 0.6 is 0 Å². The highest BCUT2D eigenvalue weighted by Crippen LogP contribution is 2.31. The number of hydrogen-bond donors (Lipinski definition) is 2. The molecule has 1 atom stereocenters. The van der Waals surface area contributed by atoms with Crippen LogP contribution in [0.2, 0.25) is 0 Å². The van der Waals surface area contributed by atoms with Gasteiger partial charge in [-0.15, -0.1) is 0 Å². The molecule has 4 heteroatoms. The molecule has 26 heavy (non-hydrogen) atoms. The molecule has 1 heterocycles. The lowest BCUT2D eigenvalue weighted by Crippen LogP contribution is -2.52. The Bertz CT molecular complexity index is 922. The van der Waals surface area contributed by atoms with E-state index in [1.807, 2.05) is 85.8 Å². The minimum Gasteiger partial charge on any atom is -0.489 e. The minimum atomic E-state index is -0.663. The Labute approximate surface area is 152 Å². The van der Waals surface area contributed by atoms with Crippen LogP contribution in [0.5, 0.6) is 5.75 Å². The summed E-state index contributed by atoms with van der Waals surface area (Å²) in [4.78, 5) is 12.4. The quantitative estimate of drug-likeness (QED) is 0.742. The van der Waals surface area contributed by atoms with Crippen molar-refractivity contribution in [1.29, 1.82) is 0 Å². The minimum absolute atomic E-state index is 0.0775. The summed E-state index contributed by atoms with van der Waals surface area (Å²) in [7, 11) is 0. The third-order valence-corrected chi connectivity index (χ3v) is 4.60. The lowest BCUT2D eigenvalue weighted by Gasteiger charge is -2.38. The number of benzene rings is 3. The van der Waals surface area contributed by atoms with Crippen molar-refractivity contribution in [3.63, 3.8) is 0 Å². The SMILES string of the molecule is CC1(c2ccc(OCc3ccccc3)cc2)NC(=O)c2ccccc2N1. The van der Waals surface area contributed by atoms with Crippen LogP contribution in [0, 0.1) is 0 Å². The van der Waals surface area contributed by atoms with E-state index in [1.165, 1.54) is 0 Å². The zero-order valence-corrected chi connectivity index (χ0v) is 14.5. The standard InChI is InChI=1S/C22H20N2O2/c1-22(23-20-10-6-5-9-19(20)21(25)24-22)17-11-13-18(14-12-17)26-15-16-7-3-2-4-8-16/h2-14,23H,15H2,1H3,(H,24,25). The maximum atomic E-state index is 12.4. The van der Waals surface area contributed by atoms with Crippen LogP contribution < -0.4 is 15.4 Å². The molecule has 130 valence electrons. The van der Waals surface area contributed by atoms with Gasteiger partial charge < -0.3 is 15.4 Å². The van der Waals surface area contributed by atoms with E-state index < -0.39 is 5.66 Å². The van der Waals surface area contributed by atoms with Gasteiger partial charge in [0.2, 0.25) is 0 Å². The number of nitrogens with one attached hydrogen (secondary N) is 2. The largest absolute Gasteiger partial charge is 0.489 e. The van der Waals surface area contributed by atoms with Crippen LogP contribution in [0.3, 0.4) is 0 Å². The van der Waals surface area contributed by atoms with Crippen molar-refractivity contribution in [1.82, 2.24) is 5.32 Å². The summed E-state index contributed by atoms with van der Waals surface area (Å²) in [5.41, 5.74) is 2.92. The van der Waals surface area contributed by atoms with Crippen molar-refractivity contribution in [2.24, 2.45) is 0 Å². The van der Waals surface area contributed by atoms with E-state index in [2.05, 4.69) is 10.6 Å². The molecule has 1 amide bonds. The summed E-state index contributed by atoms with van der Waals surface area (Å²) in [6.45, 7) is 2.49. The molecule has 0 aliphatic carbocycles. The number of fused-ring (bicyclic) bond motifs is 1. The van der Waals surface area contributed by atoms with E-state index in [4.69, 9.17) is 4.74 Å². The summed E-state index contributed by atoms with van der Waals surface area (Å²) in [5, 5.41) is 6.48. The van der Waals surface area contributed by atoms with Crippen LogP contribution in [0.25, 0.3) is 0 Å². The molecule has 0 saturated carbocycles. The normalized spacial score (nSPS) is 18.4. The number of carbonyl (C=O) groups excluding carboxylic acids is 1. The van der Waals surface area contributed by atoms with E-state index in [-0.39, 0.29) is 5.91 Å². The first-order chi connectivity index (χ1) is 12.6. The molecule has 2 N–H and O–H groups in total. The fraction of sp³-hybridized carbons (Fsp3) is 0.136. The van der Waals surface area contributed by atoms with Gasteiger partial charge in [0.15, 0.2) is 0 Å². The van der Waals surface area contributed by atoms with Gasteiger partial charge in [0.05, 0.1) is 5.56 Å². The second kappa shape index (κ2) is 6.56. The zero-order valence-electron chi connectivity index (χ0n) is 14.5. The molecular weight excluding hydrogens is 324 g/mol. The molecule has 4 nitrogen and oxygen atoms in total.